The summed E-state index contributed by atoms with van der Waals surface area (Å²) in [4.78, 5) is 3.36. The minimum atomic E-state index is -1.41. The highest BCUT2D eigenvalue weighted by atomic mass is 32.2. The number of azide groups is 1. The highest BCUT2D eigenvalue weighted by Gasteiger charge is 2.36. The molecule has 1 aliphatic rings. The van der Waals surface area contributed by atoms with Crippen LogP contribution >= 0.6 is 0 Å². The molecule has 0 radical (unpaired) electrons. The molecule has 0 fully saturated rings. The van der Waals surface area contributed by atoms with E-state index in [0.29, 0.717) is 10.6 Å². The average Bonchev–Trinajstić information content (AvgIpc) is 2.38. The zero-order valence-electron chi connectivity index (χ0n) is 8.30. The minimum Gasteiger partial charge on any atom is -0.276 e. The Labute approximate surface area is 89.4 Å². The molecule has 1 aromatic rings. The largest absolute Gasteiger partial charge is 0.276 e. The fourth-order valence-electron chi connectivity index (χ4n) is 1.53. The number of nitrogens with zero attached hydrogens (tertiary/aromatic N) is 3. The Morgan fingerprint density at radius 1 is 1.53 bits per heavy atom. The fourth-order valence-corrected chi connectivity index (χ4v) is 2.75. The summed E-state index contributed by atoms with van der Waals surface area (Å²) in [5, 5.41) is 3.50. The molecule has 0 N–H and O–H groups in total. The van der Waals surface area contributed by atoms with Gasteiger partial charge in [0.1, 0.15) is 5.60 Å². The molecule has 0 spiro atoms. The summed E-state index contributed by atoms with van der Waals surface area (Å²) in [7, 11) is 0. The smallest absolute Gasteiger partial charge is 0.190 e. The van der Waals surface area contributed by atoms with Crippen LogP contribution in [0, 0.1) is 0 Å². The number of fused-ring (bicyclic) bond motifs is 1. The molecule has 5 nitrogen and oxygen atoms in total. The molecule has 0 aliphatic carbocycles. The lowest BCUT2D eigenvalue weighted by molar-refractivity contribution is 0.142. The van der Waals surface area contributed by atoms with E-state index in [-0.39, 0.29) is 0 Å². The van der Waals surface area contributed by atoms with Gasteiger partial charge in [-0.15, -0.1) is 0 Å². The van der Waals surface area contributed by atoms with Gasteiger partial charge in [-0.1, -0.05) is 11.2 Å². The molecule has 0 amide bonds. The first-order valence-corrected chi connectivity index (χ1v) is 5.43. The van der Waals surface area contributed by atoms with Gasteiger partial charge in [0.2, 0.25) is 0 Å². The van der Waals surface area contributed by atoms with Crippen molar-refractivity contribution in [3.05, 3.63) is 34.2 Å². The Balaban J connectivity index is 2.62. The lowest BCUT2D eigenvalue weighted by Crippen LogP contribution is -2.14. The Morgan fingerprint density at radius 2 is 2.27 bits per heavy atom. The van der Waals surface area contributed by atoms with Crippen molar-refractivity contribution < 1.29 is 8.39 Å². The Hall–Kier alpha value is -1.36. The van der Waals surface area contributed by atoms with Crippen LogP contribution in [0.4, 0.5) is 5.69 Å². The summed E-state index contributed by atoms with van der Waals surface area (Å²) in [6, 6.07) is 5.01. The summed E-state index contributed by atoms with van der Waals surface area (Å²) in [6.07, 6.45) is 0. The number of rotatable bonds is 1. The van der Waals surface area contributed by atoms with Gasteiger partial charge in [-0.05, 0) is 31.5 Å². The number of benzene rings is 1. The van der Waals surface area contributed by atoms with Gasteiger partial charge in [-0.25, -0.2) is 4.21 Å². The van der Waals surface area contributed by atoms with Crippen LogP contribution in [0.3, 0.4) is 0 Å². The topological polar surface area (TPSA) is 75.1 Å². The molecule has 78 valence electrons. The average molecular weight is 223 g/mol. The molecule has 6 heteroatoms. The molecule has 1 heterocycles. The second-order valence-electron chi connectivity index (χ2n) is 3.70. The predicted octanol–water partition coefficient (Wildman–Crippen LogP) is 2.92. The molecule has 0 aromatic heterocycles. The molecular formula is C9H9N3O2S. The lowest BCUT2D eigenvalue weighted by atomic mass is 9.98. The highest BCUT2D eigenvalue weighted by molar-refractivity contribution is 7.80. The summed E-state index contributed by atoms with van der Waals surface area (Å²) >= 11 is -1.41. The maximum absolute atomic E-state index is 11.5. The van der Waals surface area contributed by atoms with Gasteiger partial charge in [0.15, 0.2) is 11.1 Å². The summed E-state index contributed by atoms with van der Waals surface area (Å²) in [5.74, 6) is 0. The second-order valence-corrected chi connectivity index (χ2v) is 4.77. The predicted molar refractivity (Wildman–Crippen MR) is 55.8 cm³/mol. The minimum absolute atomic E-state index is 0.506. The van der Waals surface area contributed by atoms with Crippen molar-refractivity contribution in [2.75, 3.05) is 0 Å². The Bertz CT molecular complexity index is 492. The zero-order valence-corrected chi connectivity index (χ0v) is 9.11. The second kappa shape index (κ2) is 3.34. The van der Waals surface area contributed by atoms with E-state index in [9.17, 15) is 4.21 Å². The van der Waals surface area contributed by atoms with Crippen molar-refractivity contribution in [2.45, 2.75) is 24.3 Å². The molecule has 1 aromatic carbocycles. The Morgan fingerprint density at radius 3 is 2.93 bits per heavy atom. The zero-order chi connectivity index (χ0) is 11.1. The summed E-state index contributed by atoms with van der Waals surface area (Å²) in [6.45, 7) is 3.66. The lowest BCUT2D eigenvalue weighted by Gasteiger charge is -2.15. The molecule has 0 bridgehead atoms. The van der Waals surface area contributed by atoms with Crippen LogP contribution in [0.2, 0.25) is 0 Å². The molecule has 1 aliphatic heterocycles. The van der Waals surface area contributed by atoms with E-state index in [1.807, 2.05) is 13.8 Å². The van der Waals surface area contributed by atoms with Crippen molar-refractivity contribution in [1.82, 2.24) is 0 Å². The van der Waals surface area contributed by atoms with Crippen LogP contribution in [0.25, 0.3) is 10.4 Å². The van der Waals surface area contributed by atoms with E-state index in [1.54, 1.807) is 18.2 Å². The number of hydrogen-bond donors (Lipinski definition) is 0. The molecule has 0 saturated carbocycles. The molecular weight excluding hydrogens is 214 g/mol. The third-order valence-electron chi connectivity index (χ3n) is 2.24. The molecule has 1 unspecified atom stereocenters. The van der Waals surface area contributed by atoms with E-state index < -0.39 is 16.7 Å². The van der Waals surface area contributed by atoms with Gasteiger partial charge in [-0.2, -0.15) is 0 Å². The van der Waals surface area contributed by atoms with Gasteiger partial charge < -0.3 is 0 Å². The first kappa shape index (κ1) is 10.2. The van der Waals surface area contributed by atoms with Gasteiger partial charge in [0.25, 0.3) is 0 Å². The monoisotopic (exact) mass is 223 g/mol. The molecule has 2 rings (SSSR count). The van der Waals surface area contributed by atoms with Gasteiger partial charge >= 0.3 is 0 Å². The van der Waals surface area contributed by atoms with Gasteiger partial charge in [0, 0.05) is 16.2 Å². The highest BCUT2D eigenvalue weighted by Crippen LogP contribution is 2.40. The molecule has 1 atom stereocenters. The Kier molecular flexibility index (Phi) is 2.26. The van der Waals surface area contributed by atoms with Crippen molar-refractivity contribution >= 4 is 16.8 Å². The maximum Gasteiger partial charge on any atom is 0.190 e. The first-order valence-electron chi connectivity index (χ1n) is 4.35. The van der Waals surface area contributed by atoms with E-state index >= 15 is 0 Å². The van der Waals surface area contributed by atoms with Crippen molar-refractivity contribution in [1.29, 1.82) is 0 Å². The van der Waals surface area contributed by atoms with Gasteiger partial charge in [-0.3, -0.25) is 4.18 Å². The standard InChI is InChI=1S/C9H9N3O2S/c1-9(2)7-5-6(11-12-10)3-4-8(7)15(13)14-9/h3-5H,1-2H3. The van der Waals surface area contributed by atoms with Crippen LogP contribution < -0.4 is 0 Å². The quantitative estimate of drug-likeness (QED) is 0.417. The van der Waals surface area contributed by atoms with E-state index in [2.05, 4.69) is 10.0 Å². The third-order valence-corrected chi connectivity index (χ3v) is 3.52. The fraction of sp³-hybridized carbons (Fsp3) is 0.333. The summed E-state index contributed by atoms with van der Waals surface area (Å²) in [5.41, 5.74) is 9.04. The van der Waals surface area contributed by atoms with Crippen molar-refractivity contribution in [3.8, 4) is 0 Å². The van der Waals surface area contributed by atoms with Crippen LogP contribution in [-0.2, 0) is 20.9 Å². The number of hydrogen-bond acceptors (Lipinski definition) is 3. The van der Waals surface area contributed by atoms with Gasteiger partial charge in [0.05, 0.1) is 4.90 Å². The SMILES string of the molecule is CC1(C)OS(=O)c2ccc(N=[N+]=[N-])cc21. The van der Waals surface area contributed by atoms with Crippen LogP contribution in [-0.4, -0.2) is 4.21 Å². The first-order chi connectivity index (χ1) is 7.04. The van der Waals surface area contributed by atoms with Crippen LogP contribution in [0.1, 0.15) is 19.4 Å². The van der Waals surface area contributed by atoms with Crippen molar-refractivity contribution in [3.63, 3.8) is 0 Å². The van der Waals surface area contributed by atoms with Crippen LogP contribution in [0.15, 0.2) is 28.2 Å². The van der Waals surface area contributed by atoms with Crippen LogP contribution in [0.5, 0.6) is 0 Å². The summed E-state index contributed by atoms with van der Waals surface area (Å²) < 4.78 is 16.8. The van der Waals surface area contributed by atoms with E-state index in [1.165, 1.54) is 0 Å². The normalized spacial score (nSPS) is 21.9. The van der Waals surface area contributed by atoms with E-state index in [4.69, 9.17) is 9.71 Å². The maximum atomic E-state index is 11.5. The molecule has 15 heavy (non-hydrogen) atoms. The molecule has 0 saturated heterocycles. The van der Waals surface area contributed by atoms with E-state index in [0.717, 1.165) is 5.56 Å². The third kappa shape index (κ3) is 1.63. The van der Waals surface area contributed by atoms with Crippen molar-refractivity contribution in [2.24, 2.45) is 5.11 Å².